The van der Waals surface area contributed by atoms with Gasteiger partial charge in [0.25, 0.3) is 0 Å². The molecule has 1 aromatic heterocycles. The third-order valence-electron chi connectivity index (χ3n) is 2.67. The van der Waals surface area contributed by atoms with Crippen molar-refractivity contribution in [2.75, 3.05) is 6.61 Å². The topological polar surface area (TPSA) is 34.2 Å². The van der Waals surface area contributed by atoms with Gasteiger partial charge in [-0.2, -0.15) is 0 Å². The molecule has 1 fully saturated rings. The van der Waals surface area contributed by atoms with E-state index in [-0.39, 0.29) is 5.54 Å². The van der Waals surface area contributed by atoms with Crippen molar-refractivity contribution in [3.05, 3.63) is 16.1 Å². The van der Waals surface area contributed by atoms with Gasteiger partial charge in [0.1, 0.15) is 5.01 Å². The Bertz CT molecular complexity index is 353. The summed E-state index contributed by atoms with van der Waals surface area (Å²) in [4.78, 5) is 4.56. The average Bonchev–Trinajstić information content (AvgIpc) is 2.93. The third-order valence-corrected chi connectivity index (χ3v) is 3.57. The molecule has 1 aromatic rings. The zero-order valence-corrected chi connectivity index (χ0v) is 11.8. The van der Waals surface area contributed by atoms with Crippen molar-refractivity contribution in [2.45, 2.75) is 52.3 Å². The molecule has 0 radical (unpaired) electrons. The molecule has 1 saturated carbocycles. The quantitative estimate of drug-likeness (QED) is 0.847. The maximum Gasteiger partial charge on any atom is 0.107 e. The molecule has 3 nitrogen and oxygen atoms in total. The predicted octanol–water partition coefficient (Wildman–Crippen LogP) is 2.96. The van der Waals surface area contributed by atoms with Crippen LogP contribution >= 0.6 is 11.3 Å². The number of nitrogens with one attached hydrogen (secondary N) is 1. The van der Waals surface area contributed by atoms with Gasteiger partial charge in [0.05, 0.1) is 12.3 Å². The van der Waals surface area contributed by atoms with Crippen molar-refractivity contribution in [1.82, 2.24) is 10.3 Å². The summed E-state index contributed by atoms with van der Waals surface area (Å²) in [7, 11) is 0. The molecule has 0 atom stereocenters. The molecule has 0 unspecified atom stereocenters. The van der Waals surface area contributed by atoms with Crippen LogP contribution in [0.3, 0.4) is 0 Å². The molecule has 4 heteroatoms. The molecule has 2 rings (SSSR count). The first-order chi connectivity index (χ1) is 8.03. The number of hydrogen-bond acceptors (Lipinski definition) is 4. The molecule has 0 aromatic carbocycles. The number of ether oxygens (including phenoxy) is 1. The zero-order valence-electron chi connectivity index (χ0n) is 11.0. The summed E-state index contributed by atoms with van der Waals surface area (Å²) >= 11 is 1.71. The smallest absolute Gasteiger partial charge is 0.107 e. The molecule has 1 aliphatic carbocycles. The van der Waals surface area contributed by atoms with E-state index in [0.29, 0.717) is 6.61 Å². The highest BCUT2D eigenvalue weighted by atomic mass is 32.1. The van der Waals surface area contributed by atoms with Gasteiger partial charge in [-0.3, -0.25) is 0 Å². The molecule has 1 heterocycles. The van der Waals surface area contributed by atoms with Gasteiger partial charge in [0, 0.05) is 24.1 Å². The lowest BCUT2D eigenvalue weighted by atomic mass is 10.1. The number of thiazole rings is 1. The number of aromatic nitrogens is 1. The van der Waals surface area contributed by atoms with E-state index in [9.17, 15) is 0 Å². The summed E-state index contributed by atoms with van der Waals surface area (Å²) in [5.41, 5.74) is 1.22. The second-order valence-corrected chi connectivity index (χ2v) is 6.74. The van der Waals surface area contributed by atoms with Gasteiger partial charge in [0.15, 0.2) is 0 Å². The first kappa shape index (κ1) is 13.0. The first-order valence-electron chi connectivity index (χ1n) is 6.29. The Morgan fingerprint density at radius 3 is 2.88 bits per heavy atom. The maximum absolute atomic E-state index is 5.63. The van der Waals surface area contributed by atoms with E-state index in [4.69, 9.17) is 4.74 Å². The van der Waals surface area contributed by atoms with Crippen molar-refractivity contribution < 1.29 is 4.74 Å². The lowest BCUT2D eigenvalue weighted by molar-refractivity contribution is 0.109. The van der Waals surface area contributed by atoms with Gasteiger partial charge >= 0.3 is 0 Å². The second-order valence-electron chi connectivity index (χ2n) is 5.79. The van der Waals surface area contributed by atoms with Crippen molar-refractivity contribution in [3.63, 3.8) is 0 Å². The van der Waals surface area contributed by atoms with Crippen molar-refractivity contribution in [1.29, 1.82) is 0 Å². The van der Waals surface area contributed by atoms with Crippen LogP contribution < -0.4 is 5.32 Å². The van der Waals surface area contributed by atoms with Gasteiger partial charge in [-0.15, -0.1) is 11.3 Å². The molecule has 1 N–H and O–H groups in total. The van der Waals surface area contributed by atoms with E-state index in [1.165, 1.54) is 12.8 Å². The van der Waals surface area contributed by atoms with E-state index in [2.05, 4.69) is 36.5 Å². The van der Waals surface area contributed by atoms with Crippen LogP contribution in [0.2, 0.25) is 0 Å². The summed E-state index contributed by atoms with van der Waals surface area (Å²) in [5, 5.41) is 6.69. The minimum absolute atomic E-state index is 0.147. The summed E-state index contributed by atoms with van der Waals surface area (Å²) in [6, 6.07) is 0. The van der Waals surface area contributed by atoms with Crippen LogP contribution in [0.5, 0.6) is 0 Å². The minimum atomic E-state index is 0.147. The zero-order chi connectivity index (χ0) is 12.3. The fourth-order valence-corrected chi connectivity index (χ4v) is 2.17. The van der Waals surface area contributed by atoms with Gasteiger partial charge in [-0.1, -0.05) is 0 Å². The standard InChI is InChI=1S/C13H22N2OS/c1-13(2,3)14-6-12-15-11(9-17-12)8-16-7-10-4-5-10/h9-10,14H,4-8H2,1-3H3. The van der Waals surface area contributed by atoms with Crippen LogP contribution in [0.1, 0.15) is 44.3 Å². The second kappa shape index (κ2) is 5.46. The highest BCUT2D eigenvalue weighted by molar-refractivity contribution is 7.09. The minimum Gasteiger partial charge on any atom is -0.375 e. The van der Waals surface area contributed by atoms with E-state index in [1.54, 1.807) is 11.3 Å². The Hall–Kier alpha value is -0.450. The molecule has 0 spiro atoms. The van der Waals surface area contributed by atoms with Crippen LogP contribution in [-0.4, -0.2) is 17.1 Å². The van der Waals surface area contributed by atoms with E-state index < -0.39 is 0 Å². The van der Waals surface area contributed by atoms with Crippen molar-refractivity contribution in [3.8, 4) is 0 Å². The monoisotopic (exact) mass is 254 g/mol. The van der Waals surface area contributed by atoms with Crippen LogP contribution in [0.15, 0.2) is 5.38 Å². The van der Waals surface area contributed by atoms with Crippen LogP contribution in [0.25, 0.3) is 0 Å². The number of hydrogen-bond donors (Lipinski definition) is 1. The molecular weight excluding hydrogens is 232 g/mol. The van der Waals surface area contributed by atoms with Gasteiger partial charge in [0.2, 0.25) is 0 Å². The van der Waals surface area contributed by atoms with Gasteiger partial charge in [-0.25, -0.2) is 4.98 Å². The van der Waals surface area contributed by atoms with E-state index in [0.717, 1.165) is 29.8 Å². The predicted molar refractivity (Wildman–Crippen MR) is 71.1 cm³/mol. The third kappa shape index (κ3) is 5.15. The first-order valence-corrected chi connectivity index (χ1v) is 7.17. The summed E-state index contributed by atoms with van der Waals surface area (Å²) < 4.78 is 5.63. The Morgan fingerprint density at radius 1 is 1.47 bits per heavy atom. The Labute approximate surface area is 108 Å². The molecule has 17 heavy (non-hydrogen) atoms. The van der Waals surface area contributed by atoms with Crippen LogP contribution in [0.4, 0.5) is 0 Å². The molecule has 0 amide bonds. The fourth-order valence-electron chi connectivity index (χ4n) is 1.45. The largest absolute Gasteiger partial charge is 0.375 e. The van der Waals surface area contributed by atoms with E-state index >= 15 is 0 Å². The van der Waals surface area contributed by atoms with Crippen molar-refractivity contribution >= 4 is 11.3 Å². The Morgan fingerprint density at radius 2 is 2.24 bits per heavy atom. The summed E-state index contributed by atoms with van der Waals surface area (Å²) in [5.74, 6) is 0.829. The molecule has 0 aliphatic heterocycles. The molecule has 0 saturated heterocycles. The van der Waals surface area contributed by atoms with Gasteiger partial charge in [-0.05, 0) is 39.5 Å². The lowest BCUT2D eigenvalue weighted by Crippen LogP contribution is -2.35. The van der Waals surface area contributed by atoms with Crippen LogP contribution in [-0.2, 0) is 17.9 Å². The van der Waals surface area contributed by atoms with E-state index in [1.807, 2.05) is 0 Å². The Kier molecular flexibility index (Phi) is 4.17. The van der Waals surface area contributed by atoms with Crippen LogP contribution in [0, 0.1) is 5.92 Å². The fraction of sp³-hybridized carbons (Fsp3) is 0.769. The lowest BCUT2D eigenvalue weighted by Gasteiger charge is -2.19. The van der Waals surface area contributed by atoms with Gasteiger partial charge < -0.3 is 10.1 Å². The van der Waals surface area contributed by atoms with Crippen molar-refractivity contribution in [2.24, 2.45) is 5.92 Å². The summed E-state index contributed by atoms with van der Waals surface area (Å²) in [6.45, 7) is 8.92. The number of rotatable bonds is 6. The number of nitrogens with zero attached hydrogens (tertiary/aromatic N) is 1. The highest BCUT2D eigenvalue weighted by Gasteiger charge is 2.21. The molecule has 1 aliphatic rings. The molecule has 96 valence electrons. The molecule has 0 bridgehead atoms. The highest BCUT2D eigenvalue weighted by Crippen LogP contribution is 2.29. The Balaban J connectivity index is 1.70. The summed E-state index contributed by atoms with van der Waals surface area (Å²) in [6.07, 6.45) is 2.69. The maximum atomic E-state index is 5.63. The SMILES string of the molecule is CC(C)(C)NCc1nc(COCC2CC2)cs1. The average molecular weight is 254 g/mol. The normalized spacial score (nSPS) is 16.4. The molecular formula is C13H22N2OS.